The Morgan fingerprint density at radius 3 is 2.58 bits per heavy atom. The first-order chi connectivity index (χ1) is 5.72. The predicted octanol–water partition coefficient (Wildman–Crippen LogP) is 1.35. The molecule has 66 valence electrons. The molecule has 0 atom stereocenters. The molecule has 1 N–H and O–H groups in total. The van der Waals surface area contributed by atoms with Gasteiger partial charge in [0.1, 0.15) is 0 Å². The average Bonchev–Trinajstić information content (AvgIpc) is 2.05. The van der Waals surface area contributed by atoms with Crippen LogP contribution in [0.5, 0.6) is 0 Å². The summed E-state index contributed by atoms with van der Waals surface area (Å²) in [5, 5.41) is 0. The van der Waals surface area contributed by atoms with E-state index in [0.29, 0.717) is 18.5 Å². The Morgan fingerprint density at radius 2 is 2.08 bits per heavy atom. The molecule has 0 unspecified atom stereocenters. The van der Waals surface area contributed by atoms with E-state index in [1.807, 2.05) is 0 Å². The van der Waals surface area contributed by atoms with E-state index in [2.05, 4.69) is 30.1 Å². The summed E-state index contributed by atoms with van der Waals surface area (Å²) in [5.74, 6) is -0.461. The Labute approximate surface area is 72.4 Å². The Morgan fingerprint density at radius 1 is 1.42 bits per heavy atom. The Kier molecular flexibility index (Phi) is 5.65. The third kappa shape index (κ3) is 4.46. The molecule has 0 aromatic rings. The Balaban J connectivity index is 3.63. The van der Waals surface area contributed by atoms with Gasteiger partial charge in [0.05, 0.1) is 0 Å². The molecule has 0 amide bonds. The van der Waals surface area contributed by atoms with Crippen molar-refractivity contribution in [1.29, 1.82) is 0 Å². The number of hydrogen-bond acceptors (Lipinski definition) is 3. The number of carbonyl (C=O) groups is 1. The van der Waals surface area contributed by atoms with Crippen LogP contribution in [0.3, 0.4) is 0 Å². The molecule has 0 aromatic carbocycles. The molecule has 0 radical (unpaired) electrons. The van der Waals surface area contributed by atoms with Crippen molar-refractivity contribution in [2.75, 3.05) is 6.54 Å². The molecule has 0 aromatic heterocycles. The maximum atomic E-state index is 10.9. The van der Waals surface area contributed by atoms with Crippen LogP contribution in [0.1, 0.15) is 6.42 Å². The third-order valence-corrected chi connectivity index (χ3v) is 1.07. The molecular formula is C9H13NO2. The average molecular weight is 167 g/mol. The molecule has 0 fully saturated rings. The minimum absolute atomic E-state index is 0.376. The molecule has 3 heteroatoms. The number of nitrogens with one attached hydrogen (secondary N) is 1. The standard InChI is InChI=1S/C9H13NO2/c1-4-6-8(3)9(11)12-10-7-5-2/h4-5,10H,1-3,6-7H2. The van der Waals surface area contributed by atoms with Crippen LogP contribution in [0, 0.1) is 0 Å². The van der Waals surface area contributed by atoms with Crippen molar-refractivity contribution in [1.82, 2.24) is 5.48 Å². The highest BCUT2D eigenvalue weighted by molar-refractivity contribution is 5.87. The third-order valence-electron chi connectivity index (χ3n) is 1.07. The summed E-state index contributed by atoms with van der Waals surface area (Å²) >= 11 is 0. The van der Waals surface area contributed by atoms with E-state index in [-0.39, 0.29) is 0 Å². The van der Waals surface area contributed by atoms with Gasteiger partial charge in [-0.2, -0.15) is 0 Å². The van der Waals surface area contributed by atoms with Crippen molar-refractivity contribution in [2.45, 2.75) is 6.42 Å². The first-order valence-electron chi connectivity index (χ1n) is 3.56. The molecular weight excluding hydrogens is 154 g/mol. The quantitative estimate of drug-likeness (QED) is 0.281. The van der Waals surface area contributed by atoms with E-state index < -0.39 is 5.97 Å². The molecule has 0 aliphatic rings. The molecule has 12 heavy (non-hydrogen) atoms. The van der Waals surface area contributed by atoms with Crippen LogP contribution in [0.15, 0.2) is 37.5 Å². The lowest BCUT2D eigenvalue weighted by Crippen LogP contribution is -2.20. The van der Waals surface area contributed by atoms with Crippen LogP contribution >= 0.6 is 0 Å². The van der Waals surface area contributed by atoms with E-state index in [0.717, 1.165) is 0 Å². The van der Waals surface area contributed by atoms with E-state index in [1.54, 1.807) is 12.2 Å². The van der Waals surface area contributed by atoms with E-state index in [9.17, 15) is 4.79 Å². The first kappa shape index (κ1) is 10.7. The lowest BCUT2D eigenvalue weighted by molar-refractivity contribution is -0.145. The summed E-state index contributed by atoms with van der Waals surface area (Å²) in [5.41, 5.74) is 2.79. The number of hydroxylamine groups is 1. The van der Waals surface area contributed by atoms with Crippen LogP contribution < -0.4 is 5.48 Å². The van der Waals surface area contributed by atoms with E-state index in [4.69, 9.17) is 0 Å². The van der Waals surface area contributed by atoms with Crippen molar-refractivity contribution in [3.63, 3.8) is 0 Å². The fraction of sp³-hybridized carbons (Fsp3) is 0.222. The highest BCUT2D eigenvalue weighted by Gasteiger charge is 2.05. The fourth-order valence-electron chi connectivity index (χ4n) is 0.496. The van der Waals surface area contributed by atoms with Crippen molar-refractivity contribution in [3.8, 4) is 0 Å². The second-order valence-corrected chi connectivity index (χ2v) is 2.12. The van der Waals surface area contributed by atoms with Crippen LogP contribution in [-0.2, 0) is 9.63 Å². The summed E-state index contributed by atoms with van der Waals surface area (Å²) in [7, 11) is 0. The molecule has 0 spiro atoms. The second-order valence-electron chi connectivity index (χ2n) is 2.12. The number of allylic oxidation sites excluding steroid dienone is 1. The summed E-state index contributed by atoms with van der Waals surface area (Å²) in [4.78, 5) is 15.5. The molecule has 0 heterocycles. The van der Waals surface area contributed by atoms with Gasteiger partial charge in [-0.15, -0.1) is 18.6 Å². The van der Waals surface area contributed by atoms with Crippen molar-refractivity contribution in [3.05, 3.63) is 37.5 Å². The normalized spacial score (nSPS) is 8.67. The highest BCUT2D eigenvalue weighted by atomic mass is 16.7. The Bertz CT molecular complexity index is 197. The molecule has 3 nitrogen and oxygen atoms in total. The van der Waals surface area contributed by atoms with Gasteiger partial charge in [-0.05, 0) is 6.42 Å². The SMILES string of the molecule is C=CCNOC(=O)C(=C)CC=C. The highest BCUT2D eigenvalue weighted by Crippen LogP contribution is 1.99. The maximum Gasteiger partial charge on any atom is 0.352 e. The predicted molar refractivity (Wildman–Crippen MR) is 48.2 cm³/mol. The minimum atomic E-state index is -0.461. The molecule has 0 rings (SSSR count). The maximum absolute atomic E-state index is 10.9. The molecule has 0 aliphatic carbocycles. The van der Waals surface area contributed by atoms with Gasteiger partial charge in [-0.3, -0.25) is 0 Å². The number of carbonyl (C=O) groups excluding carboxylic acids is 1. The Hall–Kier alpha value is -1.35. The second kappa shape index (κ2) is 6.37. The lowest BCUT2D eigenvalue weighted by Gasteiger charge is -2.03. The van der Waals surface area contributed by atoms with Gasteiger partial charge in [0.2, 0.25) is 0 Å². The summed E-state index contributed by atoms with van der Waals surface area (Å²) < 4.78 is 0. The van der Waals surface area contributed by atoms with Crippen LogP contribution in [0.4, 0.5) is 0 Å². The summed E-state index contributed by atoms with van der Waals surface area (Å²) in [6.45, 7) is 10.9. The number of rotatable bonds is 6. The molecule has 0 bridgehead atoms. The molecule has 0 aliphatic heterocycles. The summed E-state index contributed by atoms with van der Waals surface area (Å²) in [6, 6.07) is 0. The molecule has 0 saturated heterocycles. The van der Waals surface area contributed by atoms with E-state index in [1.165, 1.54) is 0 Å². The summed E-state index contributed by atoms with van der Waals surface area (Å²) in [6.07, 6.45) is 3.62. The zero-order chi connectivity index (χ0) is 9.40. The zero-order valence-electron chi connectivity index (χ0n) is 7.01. The smallest absolute Gasteiger partial charge is 0.352 e. The van der Waals surface area contributed by atoms with Gasteiger partial charge in [0.15, 0.2) is 0 Å². The van der Waals surface area contributed by atoms with Crippen molar-refractivity contribution >= 4 is 5.97 Å². The van der Waals surface area contributed by atoms with Gasteiger partial charge < -0.3 is 4.84 Å². The van der Waals surface area contributed by atoms with Crippen molar-refractivity contribution in [2.24, 2.45) is 0 Å². The van der Waals surface area contributed by atoms with Crippen molar-refractivity contribution < 1.29 is 9.63 Å². The van der Waals surface area contributed by atoms with Crippen LogP contribution in [0.2, 0.25) is 0 Å². The number of hydrogen-bond donors (Lipinski definition) is 1. The minimum Gasteiger partial charge on any atom is -0.367 e. The largest absolute Gasteiger partial charge is 0.367 e. The zero-order valence-corrected chi connectivity index (χ0v) is 7.01. The monoisotopic (exact) mass is 167 g/mol. The molecule has 0 saturated carbocycles. The van der Waals surface area contributed by atoms with Gasteiger partial charge in [-0.1, -0.05) is 18.7 Å². The van der Waals surface area contributed by atoms with Gasteiger partial charge in [0.25, 0.3) is 0 Å². The van der Waals surface area contributed by atoms with Crippen LogP contribution in [0.25, 0.3) is 0 Å². The van der Waals surface area contributed by atoms with Gasteiger partial charge in [-0.25, -0.2) is 4.79 Å². The van der Waals surface area contributed by atoms with E-state index >= 15 is 0 Å². The first-order valence-corrected chi connectivity index (χ1v) is 3.56. The van der Waals surface area contributed by atoms with Gasteiger partial charge in [0, 0.05) is 12.1 Å². The fourth-order valence-corrected chi connectivity index (χ4v) is 0.496. The topological polar surface area (TPSA) is 38.3 Å². The van der Waals surface area contributed by atoms with Crippen LogP contribution in [-0.4, -0.2) is 12.5 Å². The lowest BCUT2D eigenvalue weighted by atomic mass is 10.2. The van der Waals surface area contributed by atoms with Gasteiger partial charge >= 0.3 is 5.97 Å².